The van der Waals surface area contributed by atoms with Gasteiger partial charge in [-0.2, -0.15) is 0 Å². The molecule has 0 radical (unpaired) electrons. The van der Waals surface area contributed by atoms with Crippen LogP contribution in [0.1, 0.15) is 29.9 Å². The highest BCUT2D eigenvalue weighted by atomic mass is 16.6. The van der Waals surface area contributed by atoms with Crippen LogP contribution in [0.3, 0.4) is 0 Å². The van der Waals surface area contributed by atoms with Crippen molar-refractivity contribution in [1.29, 1.82) is 0 Å². The second-order valence-corrected chi connectivity index (χ2v) is 6.77. The summed E-state index contributed by atoms with van der Waals surface area (Å²) in [7, 11) is 1.31. The zero-order valence-corrected chi connectivity index (χ0v) is 15.2. The summed E-state index contributed by atoms with van der Waals surface area (Å²) in [5.41, 5.74) is 1.24. The number of rotatable bonds is 5. The van der Waals surface area contributed by atoms with Crippen LogP contribution in [0, 0.1) is 15.5 Å². The van der Waals surface area contributed by atoms with Crippen LogP contribution in [-0.2, 0) is 16.1 Å². The SMILES string of the molecule is COC(=O)c1cc2cc(COC3=CC(C)(C)C=CC([N+](=O)[O-])=C3)cnc2[nH]1. The molecule has 8 heteroatoms. The van der Waals surface area contributed by atoms with Gasteiger partial charge in [-0.3, -0.25) is 10.1 Å². The number of hydrogen-bond acceptors (Lipinski definition) is 6. The molecule has 140 valence electrons. The van der Waals surface area contributed by atoms with E-state index >= 15 is 0 Å². The number of nitro groups is 1. The molecular weight excluding hydrogens is 350 g/mol. The Morgan fingerprint density at radius 2 is 2.15 bits per heavy atom. The zero-order valence-electron chi connectivity index (χ0n) is 15.2. The number of aromatic nitrogens is 2. The predicted molar refractivity (Wildman–Crippen MR) is 98.3 cm³/mol. The standard InChI is InChI=1S/C19H19N3O5/c1-19(2)5-4-14(22(24)25)8-15(9-19)27-11-12-6-13-7-16(18(23)26-3)21-17(13)20-10-12/h4-10H,11H2,1-3H3,(H,20,21). The lowest BCUT2D eigenvalue weighted by Crippen LogP contribution is -2.04. The lowest BCUT2D eigenvalue weighted by Gasteiger charge is -2.15. The number of ether oxygens (including phenoxy) is 2. The number of fused-ring (bicyclic) bond motifs is 1. The van der Waals surface area contributed by atoms with Crippen molar-refractivity contribution < 1.29 is 19.2 Å². The number of allylic oxidation sites excluding steroid dienone is 4. The second-order valence-electron chi connectivity index (χ2n) is 6.77. The molecule has 1 N–H and O–H groups in total. The maximum Gasteiger partial charge on any atom is 0.354 e. The Morgan fingerprint density at radius 1 is 1.37 bits per heavy atom. The Hall–Kier alpha value is -3.42. The van der Waals surface area contributed by atoms with Crippen LogP contribution >= 0.6 is 0 Å². The van der Waals surface area contributed by atoms with Crippen LogP contribution in [0.2, 0.25) is 0 Å². The third kappa shape index (κ3) is 4.22. The maximum absolute atomic E-state index is 11.6. The number of methoxy groups -OCH3 is 1. The van der Waals surface area contributed by atoms with Crippen LogP contribution in [0.25, 0.3) is 11.0 Å². The number of hydrogen-bond donors (Lipinski definition) is 1. The van der Waals surface area contributed by atoms with Gasteiger partial charge in [0.2, 0.25) is 0 Å². The van der Waals surface area contributed by atoms with Crippen LogP contribution in [0.15, 0.2) is 54.1 Å². The summed E-state index contributed by atoms with van der Waals surface area (Å²) in [6, 6.07) is 3.49. The average Bonchev–Trinajstić information content (AvgIpc) is 2.97. The highest BCUT2D eigenvalue weighted by Crippen LogP contribution is 2.27. The second kappa shape index (κ2) is 7.06. The Morgan fingerprint density at radius 3 is 2.85 bits per heavy atom. The summed E-state index contributed by atoms with van der Waals surface area (Å²) < 4.78 is 10.5. The molecule has 8 nitrogen and oxygen atoms in total. The normalized spacial score (nSPS) is 15.7. The summed E-state index contributed by atoms with van der Waals surface area (Å²) in [6.45, 7) is 4.06. The summed E-state index contributed by atoms with van der Waals surface area (Å²) >= 11 is 0. The van der Waals surface area contributed by atoms with Gasteiger partial charge in [0.25, 0.3) is 5.70 Å². The minimum absolute atomic E-state index is 0.0336. The van der Waals surface area contributed by atoms with E-state index in [9.17, 15) is 14.9 Å². The van der Waals surface area contributed by atoms with Crippen molar-refractivity contribution in [2.24, 2.45) is 5.41 Å². The Bertz CT molecular complexity index is 998. The molecule has 27 heavy (non-hydrogen) atoms. The van der Waals surface area contributed by atoms with Crippen LogP contribution in [-0.4, -0.2) is 28.0 Å². The van der Waals surface area contributed by atoms with Gasteiger partial charge in [0.15, 0.2) is 0 Å². The van der Waals surface area contributed by atoms with Gasteiger partial charge in [0.1, 0.15) is 23.7 Å². The molecule has 0 fully saturated rings. The first-order chi connectivity index (χ1) is 12.8. The van der Waals surface area contributed by atoms with E-state index in [-0.39, 0.29) is 17.7 Å². The van der Waals surface area contributed by atoms with Crippen molar-refractivity contribution in [3.05, 3.63) is 75.5 Å². The molecule has 0 amide bonds. The molecule has 2 aromatic heterocycles. The van der Waals surface area contributed by atoms with E-state index < -0.39 is 10.9 Å². The number of carbonyl (C=O) groups is 1. The van der Waals surface area contributed by atoms with E-state index in [2.05, 4.69) is 14.7 Å². The van der Waals surface area contributed by atoms with Crippen molar-refractivity contribution in [1.82, 2.24) is 9.97 Å². The summed E-state index contributed by atoms with van der Waals surface area (Å²) in [5, 5.41) is 11.9. The molecule has 0 bridgehead atoms. The van der Waals surface area contributed by atoms with E-state index in [0.717, 1.165) is 10.9 Å². The van der Waals surface area contributed by atoms with Crippen molar-refractivity contribution >= 4 is 17.0 Å². The maximum atomic E-state index is 11.6. The first-order valence-electron chi connectivity index (χ1n) is 8.24. The van der Waals surface area contributed by atoms with E-state index in [4.69, 9.17) is 4.74 Å². The molecule has 3 rings (SSSR count). The number of aromatic amines is 1. The first-order valence-corrected chi connectivity index (χ1v) is 8.24. The van der Waals surface area contributed by atoms with Gasteiger partial charge in [-0.15, -0.1) is 0 Å². The zero-order chi connectivity index (χ0) is 19.6. The number of esters is 1. The lowest BCUT2D eigenvalue weighted by molar-refractivity contribution is -0.419. The molecule has 0 aromatic carbocycles. The van der Waals surface area contributed by atoms with Gasteiger partial charge < -0.3 is 14.5 Å². The predicted octanol–water partition coefficient (Wildman–Crippen LogP) is 3.51. The van der Waals surface area contributed by atoms with Gasteiger partial charge >= 0.3 is 5.97 Å². The van der Waals surface area contributed by atoms with Crippen molar-refractivity contribution in [2.75, 3.05) is 7.11 Å². The molecule has 0 spiro atoms. The van der Waals surface area contributed by atoms with Gasteiger partial charge in [-0.05, 0) is 18.2 Å². The number of carbonyl (C=O) groups excluding carboxylic acids is 1. The van der Waals surface area contributed by atoms with Crippen molar-refractivity contribution in [2.45, 2.75) is 20.5 Å². The van der Waals surface area contributed by atoms with Crippen molar-refractivity contribution in [3.8, 4) is 0 Å². The fourth-order valence-electron chi connectivity index (χ4n) is 2.67. The number of H-pyrrole nitrogens is 1. The highest BCUT2D eigenvalue weighted by Gasteiger charge is 2.20. The van der Waals surface area contributed by atoms with E-state index in [1.54, 1.807) is 18.3 Å². The molecular formula is C19H19N3O5. The Labute approximate surface area is 155 Å². The topological polar surface area (TPSA) is 107 Å². The first kappa shape index (κ1) is 18.4. The highest BCUT2D eigenvalue weighted by molar-refractivity contribution is 5.93. The Balaban J connectivity index is 1.81. The fraction of sp³-hybridized carbons (Fsp3) is 0.263. The number of pyridine rings is 1. The quantitative estimate of drug-likeness (QED) is 0.491. The summed E-state index contributed by atoms with van der Waals surface area (Å²) in [5.74, 6) is -0.0531. The molecule has 0 aliphatic heterocycles. The lowest BCUT2D eigenvalue weighted by atomic mass is 9.93. The largest absolute Gasteiger partial charge is 0.489 e. The van der Waals surface area contributed by atoms with Gasteiger partial charge in [0, 0.05) is 28.6 Å². The third-order valence-electron chi connectivity index (χ3n) is 4.04. The van der Waals surface area contributed by atoms with Crippen LogP contribution < -0.4 is 0 Å². The molecule has 1 aliphatic carbocycles. The minimum Gasteiger partial charge on any atom is -0.489 e. The molecule has 0 saturated carbocycles. The molecule has 1 aliphatic rings. The molecule has 0 saturated heterocycles. The average molecular weight is 369 g/mol. The van der Waals surface area contributed by atoms with E-state index in [0.29, 0.717) is 17.1 Å². The molecule has 0 unspecified atom stereocenters. The number of nitrogens with one attached hydrogen (secondary N) is 1. The van der Waals surface area contributed by atoms with Crippen LogP contribution in [0.4, 0.5) is 0 Å². The monoisotopic (exact) mass is 369 g/mol. The summed E-state index contributed by atoms with van der Waals surface area (Å²) in [4.78, 5) is 29.4. The molecule has 0 atom stereocenters. The number of nitrogens with zero attached hydrogens (tertiary/aromatic N) is 2. The molecule has 2 aromatic rings. The Kier molecular flexibility index (Phi) is 4.81. The minimum atomic E-state index is -0.471. The van der Waals surface area contributed by atoms with E-state index in [1.165, 1.54) is 19.3 Å². The van der Waals surface area contributed by atoms with E-state index in [1.807, 2.05) is 26.0 Å². The summed E-state index contributed by atoms with van der Waals surface area (Å²) in [6.07, 6.45) is 8.10. The van der Waals surface area contributed by atoms with Gasteiger partial charge in [-0.25, -0.2) is 9.78 Å². The van der Waals surface area contributed by atoms with Gasteiger partial charge in [-0.1, -0.05) is 19.9 Å². The molecule has 2 heterocycles. The third-order valence-corrected chi connectivity index (χ3v) is 4.04. The fourth-order valence-corrected chi connectivity index (χ4v) is 2.67. The smallest absolute Gasteiger partial charge is 0.354 e. The van der Waals surface area contributed by atoms with Crippen LogP contribution in [0.5, 0.6) is 0 Å². The van der Waals surface area contributed by atoms with Gasteiger partial charge in [0.05, 0.1) is 18.1 Å². The van der Waals surface area contributed by atoms with Crippen molar-refractivity contribution in [3.63, 3.8) is 0 Å².